The number of nitrogens with one attached hydrogen (secondary N) is 2. The lowest BCUT2D eigenvalue weighted by atomic mass is 9.94. The maximum atomic E-state index is 5.76. The van der Waals surface area contributed by atoms with Crippen LogP contribution < -0.4 is 10.6 Å². The maximum absolute atomic E-state index is 5.76. The molecule has 0 unspecified atom stereocenters. The van der Waals surface area contributed by atoms with Crippen LogP contribution in [0.5, 0.6) is 0 Å². The Morgan fingerprint density at radius 1 is 1.17 bits per heavy atom. The Kier molecular flexibility index (Phi) is 5.82. The Morgan fingerprint density at radius 2 is 1.83 bits per heavy atom. The van der Waals surface area contributed by atoms with Crippen LogP contribution in [-0.2, 0) is 18.5 Å². The lowest BCUT2D eigenvalue weighted by Gasteiger charge is -2.13. The van der Waals surface area contributed by atoms with E-state index in [1.54, 1.807) is 13.2 Å². The molecule has 2 N–H and O–H groups in total. The summed E-state index contributed by atoms with van der Waals surface area (Å²) < 4.78 is 6.83. The highest BCUT2D eigenvalue weighted by Gasteiger charge is 2.19. The molecule has 0 saturated heterocycles. The smallest absolute Gasteiger partial charge is 0.213 e. The molecular weight excluding hydrogens is 356 g/mol. The van der Waals surface area contributed by atoms with Gasteiger partial charge in [0.15, 0.2) is 5.96 Å². The second kappa shape index (κ2) is 7.64. The van der Waals surface area contributed by atoms with Crippen LogP contribution in [0.1, 0.15) is 38.0 Å². The molecule has 1 heterocycles. The van der Waals surface area contributed by atoms with Crippen LogP contribution in [0.3, 0.4) is 0 Å². The average molecular weight is 379 g/mol. The zero-order chi connectivity index (χ0) is 16.9. The molecule has 23 heavy (non-hydrogen) atoms. The number of hydrogen-bond acceptors (Lipinski definition) is 3. The van der Waals surface area contributed by atoms with Crippen LogP contribution in [-0.4, -0.2) is 18.0 Å². The molecule has 0 fully saturated rings. The summed E-state index contributed by atoms with van der Waals surface area (Å²) in [5.41, 5.74) is 1.15. The number of rotatable bonds is 4. The summed E-state index contributed by atoms with van der Waals surface area (Å²) in [6.07, 6.45) is 1.79. The van der Waals surface area contributed by atoms with Crippen molar-refractivity contribution in [3.8, 4) is 0 Å². The highest BCUT2D eigenvalue weighted by Crippen LogP contribution is 2.22. The Morgan fingerprint density at radius 3 is 2.39 bits per heavy atom. The Hall–Kier alpha value is -1.82. The van der Waals surface area contributed by atoms with Crippen LogP contribution >= 0.6 is 15.9 Å². The van der Waals surface area contributed by atoms with Gasteiger partial charge >= 0.3 is 0 Å². The van der Waals surface area contributed by atoms with Gasteiger partial charge in [0.1, 0.15) is 5.76 Å². The van der Waals surface area contributed by atoms with E-state index in [2.05, 4.69) is 69.4 Å². The molecular formula is C17H23BrN4O. The Bertz CT molecular complexity index is 656. The van der Waals surface area contributed by atoms with Gasteiger partial charge in [-0.05, 0) is 17.7 Å². The van der Waals surface area contributed by atoms with Gasteiger partial charge in [0.2, 0.25) is 5.89 Å². The standard InChI is InChI=1S/C17H23BrN4O/c1-17(2,3)14-10-20-15(23-14)11-22-16(19-4)21-9-12-5-7-13(18)8-6-12/h5-8,10H,9,11H2,1-4H3,(H2,19,21,22). The molecule has 0 amide bonds. The predicted molar refractivity (Wildman–Crippen MR) is 96.4 cm³/mol. The second-order valence-electron chi connectivity index (χ2n) is 6.27. The fraction of sp³-hybridized carbons (Fsp3) is 0.412. The third kappa shape index (κ3) is 5.39. The minimum Gasteiger partial charge on any atom is -0.443 e. The van der Waals surface area contributed by atoms with Crippen molar-refractivity contribution in [2.24, 2.45) is 4.99 Å². The average Bonchev–Trinajstić information content (AvgIpc) is 2.98. The lowest BCUT2D eigenvalue weighted by molar-refractivity contribution is 0.379. The molecule has 6 heteroatoms. The van der Waals surface area contributed by atoms with E-state index in [9.17, 15) is 0 Å². The first-order chi connectivity index (χ1) is 10.9. The van der Waals surface area contributed by atoms with Crippen LogP contribution in [0.4, 0.5) is 0 Å². The van der Waals surface area contributed by atoms with Crippen molar-refractivity contribution in [1.82, 2.24) is 15.6 Å². The van der Waals surface area contributed by atoms with Crippen molar-refractivity contribution >= 4 is 21.9 Å². The van der Waals surface area contributed by atoms with Gasteiger partial charge in [0.05, 0.1) is 12.7 Å². The molecule has 1 aromatic heterocycles. The first-order valence-corrected chi connectivity index (χ1v) is 8.32. The first-order valence-electron chi connectivity index (χ1n) is 7.52. The molecule has 0 spiro atoms. The van der Waals surface area contributed by atoms with Crippen molar-refractivity contribution in [2.45, 2.75) is 39.3 Å². The molecule has 0 atom stereocenters. The van der Waals surface area contributed by atoms with Crippen molar-refractivity contribution in [3.63, 3.8) is 0 Å². The van der Waals surface area contributed by atoms with Crippen molar-refractivity contribution < 1.29 is 4.42 Å². The fourth-order valence-corrected chi connectivity index (χ4v) is 2.17. The second-order valence-corrected chi connectivity index (χ2v) is 7.19. The number of benzene rings is 1. The summed E-state index contributed by atoms with van der Waals surface area (Å²) in [5, 5.41) is 6.47. The molecule has 0 radical (unpaired) electrons. The topological polar surface area (TPSA) is 62.5 Å². The first kappa shape index (κ1) is 17.5. The van der Waals surface area contributed by atoms with E-state index in [1.807, 2.05) is 12.1 Å². The van der Waals surface area contributed by atoms with Crippen molar-refractivity contribution in [1.29, 1.82) is 0 Å². The number of nitrogens with zero attached hydrogens (tertiary/aromatic N) is 2. The molecule has 1 aromatic carbocycles. The van der Waals surface area contributed by atoms with Gasteiger partial charge in [0, 0.05) is 23.5 Å². The number of guanidine groups is 1. The number of halogens is 1. The highest BCUT2D eigenvalue weighted by atomic mass is 79.9. The van der Waals surface area contributed by atoms with E-state index in [4.69, 9.17) is 4.42 Å². The summed E-state index contributed by atoms with van der Waals surface area (Å²) in [4.78, 5) is 8.51. The zero-order valence-electron chi connectivity index (χ0n) is 14.0. The molecule has 2 aromatic rings. The largest absolute Gasteiger partial charge is 0.443 e. The van der Waals surface area contributed by atoms with E-state index in [0.717, 1.165) is 10.2 Å². The van der Waals surface area contributed by atoms with E-state index in [-0.39, 0.29) is 5.41 Å². The maximum Gasteiger partial charge on any atom is 0.213 e. The molecule has 0 bridgehead atoms. The molecule has 5 nitrogen and oxygen atoms in total. The van der Waals surface area contributed by atoms with Gasteiger partial charge in [0.25, 0.3) is 0 Å². The molecule has 124 valence electrons. The monoisotopic (exact) mass is 378 g/mol. The van der Waals surface area contributed by atoms with Gasteiger partial charge in [-0.2, -0.15) is 0 Å². The number of hydrogen-bond donors (Lipinski definition) is 2. The summed E-state index contributed by atoms with van der Waals surface area (Å²) >= 11 is 3.43. The number of aromatic nitrogens is 1. The SMILES string of the molecule is CN=C(NCc1ccc(Br)cc1)NCc1ncc(C(C)(C)C)o1. The minimum absolute atomic E-state index is 0.0350. The third-order valence-electron chi connectivity index (χ3n) is 3.30. The molecule has 0 aliphatic carbocycles. The third-order valence-corrected chi connectivity index (χ3v) is 3.83. The summed E-state index contributed by atoms with van der Waals surface area (Å²) in [6.45, 7) is 7.50. The predicted octanol–water partition coefficient (Wildman–Crippen LogP) is 3.60. The quantitative estimate of drug-likeness (QED) is 0.630. The lowest BCUT2D eigenvalue weighted by Crippen LogP contribution is -2.36. The van der Waals surface area contributed by atoms with Crippen molar-refractivity contribution in [3.05, 3.63) is 52.1 Å². The summed E-state index contributed by atoms with van der Waals surface area (Å²) in [6, 6.07) is 8.17. The molecule has 2 rings (SSSR count). The van der Waals surface area contributed by atoms with Gasteiger partial charge < -0.3 is 15.1 Å². The van der Waals surface area contributed by atoms with E-state index in [0.29, 0.717) is 24.9 Å². The molecule has 0 saturated carbocycles. The minimum atomic E-state index is -0.0350. The van der Waals surface area contributed by atoms with Crippen LogP contribution in [0, 0.1) is 0 Å². The molecule has 0 aliphatic heterocycles. The highest BCUT2D eigenvalue weighted by molar-refractivity contribution is 9.10. The van der Waals surface area contributed by atoms with Gasteiger partial charge in [-0.25, -0.2) is 4.98 Å². The van der Waals surface area contributed by atoms with Gasteiger partial charge in [-0.15, -0.1) is 0 Å². The summed E-state index contributed by atoms with van der Waals surface area (Å²) in [5.74, 6) is 2.25. The van der Waals surface area contributed by atoms with Crippen LogP contribution in [0.25, 0.3) is 0 Å². The van der Waals surface area contributed by atoms with E-state index in [1.165, 1.54) is 5.56 Å². The number of oxazole rings is 1. The normalized spacial score (nSPS) is 12.3. The Labute approximate surface area is 145 Å². The van der Waals surface area contributed by atoms with Crippen LogP contribution in [0.2, 0.25) is 0 Å². The van der Waals surface area contributed by atoms with Gasteiger partial charge in [-0.3, -0.25) is 4.99 Å². The van der Waals surface area contributed by atoms with E-state index < -0.39 is 0 Å². The van der Waals surface area contributed by atoms with Crippen molar-refractivity contribution in [2.75, 3.05) is 7.05 Å². The van der Waals surface area contributed by atoms with E-state index >= 15 is 0 Å². The number of aliphatic imine (C=N–C) groups is 1. The Balaban J connectivity index is 1.85. The molecule has 0 aliphatic rings. The summed E-state index contributed by atoms with van der Waals surface area (Å²) in [7, 11) is 1.74. The fourth-order valence-electron chi connectivity index (χ4n) is 1.91. The zero-order valence-corrected chi connectivity index (χ0v) is 15.6. The van der Waals surface area contributed by atoms with Gasteiger partial charge in [-0.1, -0.05) is 48.8 Å². The van der Waals surface area contributed by atoms with Crippen LogP contribution in [0.15, 0.2) is 44.3 Å².